The summed E-state index contributed by atoms with van der Waals surface area (Å²) in [5.74, 6) is 0.590. The number of nitrogens with one attached hydrogen (secondary N) is 1. The van der Waals surface area contributed by atoms with Crippen molar-refractivity contribution in [2.75, 3.05) is 39.3 Å². The molecule has 0 aromatic rings. The van der Waals surface area contributed by atoms with Crippen LogP contribution in [-0.2, 0) is 0 Å². The van der Waals surface area contributed by atoms with Crippen molar-refractivity contribution >= 4 is 6.03 Å². The van der Waals surface area contributed by atoms with E-state index in [1.54, 1.807) is 0 Å². The molecule has 2 amide bonds. The van der Waals surface area contributed by atoms with Crippen molar-refractivity contribution in [1.29, 1.82) is 0 Å². The molecule has 15 heavy (non-hydrogen) atoms. The van der Waals surface area contributed by atoms with Crippen LogP contribution in [-0.4, -0.2) is 55.1 Å². The van der Waals surface area contributed by atoms with Crippen LogP contribution in [0.1, 0.15) is 19.8 Å². The van der Waals surface area contributed by atoms with Crippen LogP contribution in [0.25, 0.3) is 0 Å². The van der Waals surface area contributed by atoms with Crippen LogP contribution in [0.4, 0.5) is 4.79 Å². The lowest BCUT2D eigenvalue weighted by Gasteiger charge is -2.24. The quantitative estimate of drug-likeness (QED) is 0.744. The van der Waals surface area contributed by atoms with E-state index in [1.807, 2.05) is 4.90 Å². The largest absolute Gasteiger partial charge is 0.336 e. The lowest BCUT2D eigenvalue weighted by Crippen LogP contribution is -2.36. The maximum absolute atomic E-state index is 11.3. The fourth-order valence-corrected chi connectivity index (χ4v) is 2.53. The van der Waals surface area contributed by atoms with Crippen LogP contribution in [0.2, 0.25) is 0 Å². The van der Waals surface area contributed by atoms with Crippen molar-refractivity contribution in [2.24, 2.45) is 5.92 Å². The van der Waals surface area contributed by atoms with Gasteiger partial charge in [0.05, 0.1) is 0 Å². The summed E-state index contributed by atoms with van der Waals surface area (Å²) in [6.45, 7) is 8.47. The molecule has 2 saturated heterocycles. The number of nitrogens with zero attached hydrogens (tertiary/aromatic N) is 2. The minimum Gasteiger partial charge on any atom is -0.336 e. The molecule has 1 atom stereocenters. The zero-order valence-corrected chi connectivity index (χ0v) is 9.54. The third-order valence-corrected chi connectivity index (χ3v) is 3.25. The molecule has 4 nitrogen and oxygen atoms in total. The van der Waals surface area contributed by atoms with Gasteiger partial charge in [-0.15, -0.1) is 0 Å². The number of amides is 2. The van der Waals surface area contributed by atoms with Crippen molar-refractivity contribution < 1.29 is 4.79 Å². The number of hydrogen-bond donors (Lipinski definition) is 1. The summed E-state index contributed by atoms with van der Waals surface area (Å²) in [6.07, 6.45) is 2.69. The molecule has 0 bridgehead atoms. The minimum atomic E-state index is 0.114. The van der Waals surface area contributed by atoms with E-state index in [4.69, 9.17) is 0 Å². The molecule has 2 fully saturated rings. The number of urea groups is 1. The standard InChI is InChI=1S/C11H21N3O/c1-10(8-13-5-2-3-6-13)9-14-7-4-12-11(14)15/h10H,2-9H2,1H3,(H,12,15). The van der Waals surface area contributed by atoms with E-state index in [0.29, 0.717) is 5.92 Å². The molecule has 4 heteroatoms. The van der Waals surface area contributed by atoms with Crippen molar-refractivity contribution in [3.63, 3.8) is 0 Å². The molecule has 2 aliphatic heterocycles. The van der Waals surface area contributed by atoms with E-state index in [9.17, 15) is 4.79 Å². The lowest BCUT2D eigenvalue weighted by molar-refractivity contribution is 0.199. The monoisotopic (exact) mass is 211 g/mol. The highest BCUT2D eigenvalue weighted by atomic mass is 16.2. The predicted molar refractivity (Wildman–Crippen MR) is 59.8 cm³/mol. The average Bonchev–Trinajstić information content (AvgIpc) is 2.79. The Balaban J connectivity index is 1.71. The van der Waals surface area contributed by atoms with Crippen LogP contribution >= 0.6 is 0 Å². The number of carbonyl (C=O) groups excluding carboxylic acids is 1. The summed E-state index contributed by atoms with van der Waals surface area (Å²) in [5, 5.41) is 2.84. The first-order valence-corrected chi connectivity index (χ1v) is 6.01. The first-order valence-electron chi connectivity index (χ1n) is 6.01. The van der Waals surface area contributed by atoms with E-state index in [0.717, 1.165) is 26.2 Å². The summed E-state index contributed by atoms with van der Waals surface area (Å²) in [6, 6.07) is 0.114. The second-order valence-corrected chi connectivity index (χ2v) is 4.79. The van der Waals surface area contributed by atoms with Crippen molar-refractivity contribution in [2.45, 2.75) is 19.8 Å². The highest BCUT2D eigenvalue weighted by Gasteiger charge is 2.22. The first kappa shape index (κ1) is 10.7. The Morgan fingerprint density at radius 2 is 2.00 bits per heavy atom. The Hall–Kier alpha value is -0.770. The van der Waals surface area contributed by atoms with E-state index >= 15 is 0 Å². The molecule has 0 saturated carbocycles. The smallest absolute Gasteiger partial charge is 0.317 e. The molecule has 2 rings (SSSR count). The minimum absolute atomic E-state index is 0.114. The van der Waals surface area contributed by atoms with Crippen molar-refractivity contribution in [1.82, 2.24) is 15.1 Å². The Kier molecular flexibility index (Phi) is 3.46. The molecule has 0 aromatic heterocycles. The number of likely N-dealkylation sites (tertiary alicyclic amines) is 1. The maximum atomic E-state index is 11.3. The molecule has 1 N–H and O–H groups in total. The zero-order chi connectivity index (χ0) is 10.7. The van der Waals surface area contributed by atoms with E-state index in [-0.39, 0.29) is 6.03 Å². The third-order valence-electron chi connectivity index (χ3n) is 3.25. The molecule has 2 heterocycles. The molecule has 2 aliphatic rings. The van der Waals surface area contributed by atoms with Crippen LogP contribution in [0.3, 0.4) is 0 Å². The van der Waals surface area contributed by atoms with Gasteiger partial charge in [0.25, 0.3) is 0 Å². The molecule has 1 unspecified atom stereocenters. The SMILES string of the molecule is CC(CN1CCCC1)CN1CCNC1=O. The Bertz CT molecular complexity index is 226. The molecule has 0 spiro atoms. The number of hydrogen-bond acceptors (Lipinski definition) is 2. The van der Waals surface area contributed by atoms with Gasteiger partial charge in [-0.3, -0.25) is 0 Å². The molecule has 0 radical (unpaired) electrons. The molecule has 86 valence electrons. The number of carbonyl (C=O) groups is 1. The highest BCUT2D eigenvalue weighted by Crippen LogP contribution is 2.11. The van der Waals surface area contributed by atoms with Crippen LogP contribution in [0.15, 0.2) is 0 Å². The van der Waals surface area contributed by atoms with Crippen LogP contribution in [0, 0.1) is 5.92 Å². The second kappa shape index (κ2) is 4.84. The van der Waals surface area contributed by atoms with Gasteiger partial charge in [0.2, 0.25) is 0 Å². The van der Waals surface area contributed by atoms with Crippen LogP contribution in [0.5, 0.6) is 0 Å². The van der Waals surface area contributed by atoms with Gasteiger partial charge in [-0.2, -0.15) is 0 Å². The van der Waals surface area contributed by atoms with Gasteiger partial charge in [0.1, 0.15) is 0 Å². The number of rotatable bonds is 4. The molecule has 0 aliphatic carbocycles. The molecular formula is C11H21N3O. The van der Waals surface area contributed by atoms with Gasteiger partial charge in [-0.05, 0) is 31.8 Å². The molecular weight excluding hydrogens is 190 g/mol. The van der Waals surface area contributed by atoms with Gasteiger partial charge in [0.15, 0.2) is 0 Å². The van der Waals surface area contributed by atoms with Gasteiger partial charge in [0, 0.05) is 26.2 Å². The van der Waals surface area contributed by atoms with Gasteiger partial charge < -0.3 is 15.1 Å². The Labute approximate surface area is 91.6 Å². The van der Waals surface area contributed by atoms with Crippen molar-refractivity contribution in [3.05, 3.63) is 0 Å². The van der Waals surface area contributed by atoms with E-state index in [2.05, 4.69) is 17.1 Å². The van der Waals surface area contributed by atoms with Gasteiger partial charge in [-0.1, -0.05) is 6.92 Å². The van der Waals surface area contributed by atoms with Gasteiger partial charge >= 0.3 is 6.03 Å². The van der Waals surface area contributed by atoms with Crippen LogP contribution < -0.4 is 5.32 Å². The Morgan fingerprint density at radius 1 is 1.27 bits per heavy atom. The summed E-state index contributed by atoms with van der Waals surface area (Å²) >= 11 is 0. The zero-order valence-electron chi connectivity index (χ0n) is 9.54. The summed E-state index contributed by atoms with van der Waals surface area (Å²) in [7, 11) is 0. The fourth-order valence-electron chi connectivity index (χ4n) is 2.53. The summed E-state index contributed by atoms with van der Waals surface area (Å²) < 4.78 is 0. The predicted octanol–water partition coefficient (Wildman–Crippen LogP) is 0.744. The van der Waals surface area contributed by atoms with Gasteiger partial charge in [-0.25, -0.2) is 4.79 Å². The lowest BCUT2D eigenvalue weighted by atomic mass is 10.1. The maximum Gasteiger partial charge on any atom is 0.317 e. The summed E-state index contributed by atoms with van der Waals surface area (Å²) in [4.78, 5) is 15.8. The highest BCUT2D eigenvalue weighted by molar-refractivity contribution is 5.76. The average molecular weight is 211 g/mol. The molecule has 0 aromatic carbocycles. The van der Waals surface area contributed by atoms with Crippen molar-refractivity contribution in [3.8, 4) is 0 Å². The fraction of sp³-hybridized carbons (Fsp3) is 0.909. The Morgan fingerprint density at radius 3 is 2.60 bits per heavy atom. The van der Waals surface area contributed by atoms with E-state index in [1.165, 1.54) is 25.9 Å². The third kappa shape index (κ3) is 2.84. The topological polar surface area (TPSA) is 35.6 Å². The second-order valence-electron chi connectivity index (χ2n) is 4.79. The first-order chi connectivity index (χ1) is 7.25. The normalized spacial score (nSPS) is 24.6. The summed E-state index contributed by atoms with van der Waals surface area (Å²) in [5.41, 5.74) is 0. The van der Waals surface area contributed by atoms with E-state index < -0.39 is 0 Å².